The fourth-order valence-electron chi connectivity index (χ4n) is 4.42. The number of aliphatic hydroxyl groups excluding tert-OH is 1. The highest BCUT2D eigenvalue weighted by molar-refractivity contribution is 7.21. The van der Waals surface area contributed by atoms with Crippen LogP contribution in [0.2, 0.25) is 0 Å². The highest BCUT2D eigenvalue weighted by atomic mass is 32.1. The van der Waals surface area contributed by atoms with Crippen molar-refractivity contribution in [1.82, 2.24) is 19.8 Å². The molecule has 3 heterocycles. The van der Waals surface area contributed by atoms with Crippen LogP contribution in [0.25, 0.3) is 20.7 Å². The lowest BCUT2D eigenvalue weighted by Gasteiger charge is -2.34. The van der Waals surface area contributed by atoms with Crippen LogP contribution in [0.5, 0.6) is 0 Å². The summed E-state index contributed by atoms with van der Waals surface area (Å²) in [6.07, 6.45) is 1.55. The number of nitrogens with one attached hydrogen (secondary N) is 1. The van der Waals surface area contributed by atoms with E-state index in [-0.39, 0.29) is 18.6 Å². The predicted molar refractivity (Wildman–Crippen MR) is 141 cm³/mol. The number of aliphatic hydroxyl groups is 1. The van der Waals surface area contributed by atoms with E-state index < -0.39 is 0 Å². The molecule has 1 aliphatic heterocycles. The van der Waals surface area contributed by atoms with E-state index in [2.05, 4.69) is 33.2 Å². The van der Waals surface area contributed by atoms with E-state index in [0.717, 1.165) is 64.5 Å². The molecule has 1 fully saturated rings. The average molecular weight is 488 g/mol. The quantitative estimate of drug-likeness (QED) is 0.405. The number of carbonyl (C=O) groups excluding carboxylic acids is 1. The molecule has 0 bridgehead atoms. The summed E-state index contributed by atoms with van der Waals surface area (Å²) in [7, 11) is 0. The van der Waals surface area contributed by atoms with Crippen LogP contribution in [0.15, 0.2) is 67.0 Å². The molecule has 1 amide bonds. The van der Waals surface area contributed by atoms with Gasteiger partial charge in [-0.2, -0.15) is 0 Å². The number of piperazine rings is 1. The minimum absolute atomic E-state index is 0.0461. The van der Waals surface area contributed by atoms with Gasteiger partial charge in [0.1, 0.15) is 17.0 Å². The molecular weight excluding hydrogens is 458 g/mol. The third-order valence-electron chi connectivity index (χ3n) is 6.55. The lowest BCUT2D eigenvalue weighted by Crippen LogP contribution is -2.48. The van der Waals surface area contributed by atoms with E-state index in [1.165, 1.54) is 0 Å². The van der Waals surface area contributed by atoms with Gasteiger partial charge in [-0.05, 0) is 35.9 Å². The maximum atomic E-state index is 12.9. The van der Waals surface area contributed by atoms with Crippen LogP contribution in [0.4, 0.5) is 5.82 Å². The number of rotatable bonds is 7. The van der Waals surface area contributed by atoms with Gasteiger partial charge >= 0.3 is 0 Å². The van der Waals surface area contributed by atoms with Gasteiger partial charge in [-0.3, -0.25) is 4.79 Å². The van der Waals surface area contributed by atoms with Crippen LogP contribution in [0.1, 0.15) is 28.9 Å². The van der Waals surface area contributed by atoms with Gasteiger partial charge in [-0.15, -0.1) is 11.3 Å². The number of fused-ring (bicyclic) bond motifs is 1. The first-order chi connectivity index (χ1) is 17.2. The molecule has 4 aromatic rings. The Balaban J connectivity index is 1.35. The van der Waals surface area contributed by atoms with E-state index in [9.17, 15) is 9.90 Å². The van der Waals surface area contributed by atoms with Crippen LogP contribution < -0.4 is 5.32 Å². The number of amides is 1. The van der Waals surface area contributed by atoms with Crippen molar-refractivity contribution in [1.29, 1.82) is 0 Å². The summed E-state index contributed by atoms with van der Waals surface area (Å²) < 4.78 is 0. The van der Waals surface area contributed by atoms with E-state index in [1.807, 2.05) is 59.5 Å². The lowest BCUT2D eigenvalue weighted by atomic mass is 10.1. The fourth-order valence-corrected chi connectivity index (χ4v) is 5.43. The Morgan fingerprint density at radius 2 is 1.80 bits per heavy atom. The number of likely N-dealkylation sites (N-methyl/N-ethyl adjacent to an activating group) is 1. The molecule has 0 spiro atoms. The van der Waals surface area contributed by atoms with Crippen molar-refractivity contribution in [2.24, 2.45) is 0 Å². The third kappa shape index (κ3) is 5.05. The SMILES string of the molecule is CCN1CCN(C(=O)c2ccc(-c3cc4c(N[C@H](CO)c5ccccc5)ncnc4s3)cc2)CC1. The second-order valence-electron chi connectivity index (χ2n) is 8.65. The van der Waals surface area contributed by atoms with Crippen LogP contribution in [0, 0.1) is 0 Å². The number of anilines is 1. The monoisotopic (exact) mass is 487 g/mol. The number of hydrogen-bond donors (Lipinski definition) is 2. The van der Waals surface area contributed by atoms with Crippen molar-refractivity contribution in [3.8, 4) is 10.4 Å². The molecule has 2 aromatic carbocycles. The molecule has 0 unspecified atom stereocenters. The van der Waals surface area contributed by atoms with E-state index in [4.69, 9.17) is 0 Å². The lowest BCUT2D eigenvalue weighted by molar-refractivity contribution is 0.0643. The van der Waals surface area contributed by atoms with Crippen LogP contribution in [-0.2, 0) is 0 Å². The van der Waals surface area contributed by atoms with Crippen LogP contribution in [-0.4, -0.2) is 70.1 Å². The summed E-state index contributed by atoms with van der Waals surface area (Å²) in [5.74, 6) is 0.787. The second-order valence-corrected chi connectivity index (χ2v) is 9.68. The van der Waals surface area contributed by atoms with Crippen molar-refractivity contribution in [3.63, 3.8) is 0 Å². The number of hydrogen-bond acceptors (Lipinski definition) is 7. The number of nitrogens with zero attached hydrogens (tertiary/aromatic N) is 4. The largest absolute Gasteiger partial charge is 0.394 e. The summed E-state index contributed by atoms with van der Waals surface area (Å²) in [6, 6.07) is 19.5. The Morgan fingerprint density at radius 3 is 2.49 bits per heavy atom. The average Bonchev–Trinajstić information content (AvgIpc) is 3.37. The van der Waals surface area contributed by atoms with Gasteiger partial charge < -0.3 is 20.2 Å². The Labute approximate surface area is 209 Å². The Bertz CT molecular complexity index is 1280. The molecule has 0 aliphatic carbocycles. The van der Waals surface area contributed by atoms with Gasteiger partial charge in [-0.25, -0.2) is 9.97 Å². The summed E-state index contributed by atoms with van der Waals surface area (Å²) in [6.45, 7) is 6.55. The predicted octanol–water partition coefficient (Wildman–Crippen LogP) is 4.28. The first kappa shape index (κ1) is 23.4. The van der Waals surface area contributed by atoms with Gasteiger partial charge in [-0.1, -0.05) is 49.4 Å². The van der Waals surface area contributed by atoms with Crippen molar-refractivity contribution >= 4 is 33.3 Å². The Hall–Kier alpha value is -3.33. The minimum atomic E-state index is -0.262. The summed E-state index contributed by atoms with van der Waals surface area (Å²) in [5, 5.41) is 14.2. The second kappa shape index (κ2) is 10.5. The summed E-state index contributed by atoms with van der Waals surface area (Å²) >= 11 is 1.59. The molecule has 0 radical (unpaired) electrons. The Morgan fingerprint density at radius 1 is 1.06 bits per heavy atom. The first-order valence-electron chi connectivity index (χ1n) is 11.9. The van der Waals surface area contributed by atoms with E-state index in [1.54, 1.807) is 17.7 Å². The topological polar surface area (TPSA) is 81.6 Å². The third-order valence-corrected chi connectivity index (χ3v) is 7.64. The molecular formula is C27H29N5O2S. The zero-order chi connectivity index (χ0) is 24.2. The molecule has 2 N–H and O–H groups in total. The summed E-state index contributed by atoms with van der Waals surface area (Å²) in [4.78, 5) is 28.1. The normalized spacial score (nSPS) is 15.3. The van der Waals surface area contributed by atoms with Gasteiger partial charge in [0.15, 0.2) is 0 Å². The molecule has 1 atom stereocenters. The minimum Gasteiger partial charge on any atom is -0.394 e. The highest BCUT2D eigenvalue weighted by Crippen LogP contribution is 2.36. The van der Waals surface area contributed by atoms with Crippen LogP contribution in [0.3, 0.4) is 0 Å². The number of thiophene rings is 1. The van der Waals surface area contributed by atoms with Crippen molar-refractivity contribution < 1.29 is 9.90 Å². The van der Waals surface area contributed by atoms with E-state index in [0.29, 0.717) is 5.82 Å². The standard InChI is InChI=1S/C27H29N5O2S/c1-2-31-12-14-32(15-13-31)27(34)21-10-8-20(9-11-21)24-16-22-25(28-18-29-26(22)35-24)30-23(17-33)19-6-4-3-5-7-19/h3-11,16,18,23,33H,2,12-15,17H2,1H3,(H,28,29,30)/t23-/m1/s1. The number of benzene rings is 2. The molecule has 1 saturated heterocycles. The molecule has 2 aromatic heterocycles. The van der Waals surface area contributed by atoms with Gasteiger partial charge in [0.2, 0.25) is 0 Å². The zero-order valence-corrected chi connectivity index (χ0v) is 20.5. The van der Waals surface area contributed by atoms with Gasteiger partial charge in [0, 0.05) is 36.6 Å². The van der Waals surface area contributed by atoms with Crippen molar-refractivity contribution in [2.45, 2.75) is 13.0 Å². The summed E-state index contributed by atoms with van der Waals surface area (Å²) in [5.41, 5.74) is 2.75. The highest BCUT2D eigenvalue weighted by Gasteiger charge is 2.21. The molecule has 5 rings (SSSR count). The zero-order valence-electron chi connectivity index (χ0n) is 19.7. The fraction of sp³-hybridized carbons (Fsp3) is 0.296. The maximum absolute atomic E-state index is 12.9. The molecule has 180 valence electrons. The van der Waals surface area contributed by atoms with Crippen molar-refractivity contribution in [2.75, 3.05) is 44.6 Å². The molecule has 8 heteroatoms. The molecule has 0 saturated carbocycles. The van der Waals surface area contributed by atoms with Gasteiger partial charge in [0.05, 0.1) is 18.0 Å². The van der Waals surface area contributed by atoms with E-state index >= 15 is 0 Å². The maximum Gasteiger partial charge on any atom is 0.253 e. The Kier molecular flexibility index (Phi) is 7.03. The number of carbonyl (C=O) groups is 1. The molecule has 35 heavy (non-hydrogen) atoms. The van der Waals surface area contributed by atoms with Gasteiger partial charge in [0.25, 0.3) is 5.91 Å². The molecule has 1 aliphatic rings. The van der Waals surface area contributed by atoms with Crippen molar-refractivity contribution in [3.05, 3.63) is 78.1 Å². The first-order valence-corrected chi connectivity index (χ1v) is 12.8. The van der Waals surface area contributed by atoms with Crippen LogP contribution >= 0.6 is 11.3 Å². The number of aromatic nitrogens is 2. The molecule has 7 nitrogen and oxygen atoms in total. The smallest absolute Gasteiger partial charge is 0.253 e.